The fourth-order valence-electron chi connectivity index (χ4n) is 1.78. The zero-order chi connectivity index (χ0) is 14.6. The number of aromatic nitrogens is 1. The lowest BCUT2D eigenvalue weighted by Gasteiger charge is -2.23. The van der Waals surface area contributed by atoms with E-state index in [9.17, 15) is 15.2 Å². The highest BCUT2D eigenvalue weighted by atomic mass is 79.9. The van der Waals surface area contributed by atoms with E-state index >= 15 is 0 Å². The van der Waals surface area contributed by atoms with Crippen molar-refractivity contribution in [1.29, 1.82) is 0 Å². The predicted molar refractivity (Wildman–Crippen MR) is 77.3 cm³/mol. The zero-order valence-corrected chi connectivity index (χ0v) is 12.8. The molecule has 1 aromatic heterocycles. The van der Waals surface area contributed by atoms with Gasteiger partial charge >= 0.3 is 0 Å². The van der Waals surface area contributed by atoms with E-state index in [0.717, 1.165) is 6.42 Å². The number of pyridine rings is 1. The molecule has 2 N–H and O–H groups in total. The number of aliphatic hydroxyl groups is 1. The van der Waals surface area contributed by atoms with Crippen LogP contribution in [-0.2, 0) is 0 Å². The molecular formula is C12H18BrN3O3. The van der Waals surface area contributed by atoms with Crippen molar-refractivity contribution in [3.05, 3.63) is 26.3 Å². The molecular weight excluding hydrogens is 314 g/mol. The molecule has 0 aliphatic carbocycles. The monoisotopic (exact) mass is 331 g/mol. The lowest BCUT2D eigenvalue weighted by molar-refractivity contribution is -0.385. The molecule has 106 valence electrons. The van der Waals surface area contributed by atoms with Crippen molar-refractivity contribution in [2.75, 3.05) is 11.9 Å². The van der Waals surface area contributed by atoms with Gasteiger partial charge in [-0.25, -0.2) is 4.98 Å². The van der Waals surface area contributed by atoms with Gasteiger partial charge in [0.2, 0.25) is 0 Å². The highest BCUT2D eigenvalue weighted by Crippen LogP contribution is 2.30. The van der Waals surface area contributed by atoms with E-state index in [-0.39, 0.29) is 5.69 Å². The second-order valence-electron chi connectivity index (χ2n) is 4.79. The first-order valence-electron chi connectivity index (χ1n) is 6.04. The summed E-state index contributed by atoms with van der Waals surface area (Å²) in [6.07, 6.45) is 2.77. The highest BCUT2D eigenvalue weighted by Gasteiger charge is 2.21. The van der Waals surface area contributed by atoms with Crippen LogP contribution in [0.25, 0.3) is 0 Å². The SMILES string of the molecule is CCCC(C)(O)CNc1ncc([N+](=O)[O-])c(C)c1Br. The van der Waals surface area contributed by atoms with E-state index in [2.05, 4.69) is 26.2 Å². The number of nitrogens with one attached hydrogen (secondary N) is 1. The molecule has 0 radical (unpaired) electrons. The van der Waals surface area contributed by atoms with Gasteiger partial charge < -0.3 is 10.4 Å². The van der Waals surface area contributed by atoms with Crippen molar-refractivity contribution < 1.29 is 10.0 Å². The fourth-order valence-corrected chi connectivity index (χ4v) is 2.22. The van der Waals surface area contributed by atoms with Gasteiger partial charge in [-0.2, -0.15) is 0 Å². The van der Waals surface area contributed by atoms with Gasteiger partial charge in [-0.05, 0) is 36.2 Å². The van der Waals surface area contributed by atoms with Crippen molar-refractivity contribution in [1.82, 2.24) is 4.98 Å². The van der Waals surface area contributed by atoms with Crippen LogP contribution < -0.4 is 5.32 Å². The Balaban J connectivity index is 2.87. The van der Waals surface area contributed by atoms with E-state index in [4.69, 9.17) is 0 Å². The molecule has 6 nitrogen and oxygen atoms in total. The second kappa shape index (κ2) is 6.29. The molecule has 1 heterocycles. The molecule has 0 saturated heterocycles. The minimum atomic E-state index is -0.828. The van der Waals surface area contributed by atoms with Crippen molar-refractivity contribution in [3.8, 4) is 0 Å². The van der Waals surface area contributed by atoms with Gasteiger partial charge in [0.15, 0.2) is 0 Å². The third-order valence-corrected chi connectivity index (χ3v) is 3.83. The van der Waals surface area contributed by atoms with E-state index in [1.54, 1.807) is 13.8 Å². The van der Waals surface area contributed by atoms with Crippen LogP contribution in [0.3, 0.4) is 0 Å². The van der Waals surface area contributed by atoms with E-state index < -0.39 is 10.5 Å². The zero-order valence-electron chi connectivity index (χ0n) is 11.2. The summed E-state index contributed by atoms with van der Waals surface area (Å²) in [5, 5.41) is 23.9. The van der Waals surface area contributed by atoms with Crippen LogP contribution in [-0.4, -0.2) is 27.2 Å². The Bertz CT molecular complexity index is 478. The number of hydrogen-bond acceptors (Lipinski definition) is 5. The van der Waals surface area contributed by atoms with Gasteiger partial charge in [0.1, 0.15) is 12.0 Å². The number of anilines is 1. The molecule has 0 bridgehead atoms. The number of rotatable bonds is 6. The molecule has 1 unspecified atom stereocenters. The van der Waals surface area contributed by atoms with Crippen LogP contribution >= 0.6 is 15.9 Å². The molecule has 1 rings (SSSR count). The smallest absolute Gasteiger partial charge is 0.291 e. The lowest BCUT2D eigenvalue weighted by Crippen LogP contribution is -2.33. The second-order valence-corrected chi connectivity index (χ2v) is 5.58. The van der Waals surface area contributed by atoms with Gasteiger partial charge in [0.25, 0.3) is 5.69 Å². The first-order chi connectivity index (χ1) is 8.78. The maximum absolute atomic E-state index is 10.8. The summed E-state index contributed by atoms with van der Waals surface area (Å²) in [4.78, 5) is 14.3. The first kappa shape index (κ1) is 15.8. The number of nitrogens with zero attached hydrogens (tertiary/aromatic N) is 2. The first-order valence-corrected chi connectivity index (χ1v) is 6.83. The van der Waals surface area contributed by atoms with Crippen molar-refractivity contribution in [3.63, 3.8) is 0 Å². The maximum atomic E-state index is 10.8. The normalized spacial score (nSPS) is 13.9. The summed E-state index contributed by atoms with van der Waals surface area (Å²) in [6.45, 7) is 5.73. The molecule has 0 fully saturated rings. The lowest BCUT2D eigenvalue weighted by atomic mass is 10.0. The number of nitro groups is 1. The summed E-state index contributed by atoms with van der Waals surface area (Å²) in [5.41, 5.74) is -0.346. The molecule has 1 atom stereocenters. The fraction of sp³-hybridized carbons (Fsp3) is 0.583. The minimum Gasteiger partial charge on any atom is -0.388 e. The van der Waals surface area contributed by atoms with Gasteiger partial charge in [-0.3, -0.25) is 10.1 Å². The summed E-state index contributed by atoms with van der Waals surface area (Å²) < 4.78 is 0.550. The molecule has 19 heavy (non-hydrogen) atoms. The van der Waals surface area contributed by atoms with Crippen molar-refractivity contribution in [2.24, 2.45) is 0 Å². The van der Waals surface area contributed by atoms with Gasteiger partial charge in [0.05, 0.1) is 15.0 Å². The Morgan fingerprint density at radius 1 is 1.63 bits per heavy atom. The number of halogens is 1. The third-order valence-electron chi connectivity index (χ3n) is 2.86. The molecule has 0 amide bonds. The van der Waals surface area contributed by atoms with Crippen LogP contribution in [0.4, 0.5) is 11.5 Å². The Hall–Kier alpha value is -1.21. The average Bonchev–Trinajstić information content (AvgIpc) is 2.30. The minimum absolute atomic E-state index is 0.0299. The average molecular weight is 332 g/mol. The summed E-state index contributed by atoms with van der Waals surface area (Å²) >= 11 is 3.29. The summed E-state index contributed by atoms with van der Waals surface area (Å²) in [6, 6.07) is 0. The Labute approximate surface area is 120 Å². The van der Waals surface area contributed by atoms with Crippen molar-refractivity contribution >= 4 is 27.4 Å². The quantitative estimate of drug-likeness (QED) is 0.617. The Morgan fingerprint density at radius 3 is 2.79 bits per heavy atom. The topological polar surface area (TPSA) is 88.3 Å². The molecule has 1 aromatic rings. The largest absolute Gasteiger partial charge is 0.388 e. The van der Waals surface area contributed by atoms with Gasteiger partial charge in [0, 0.05) is 12.1 Å². The molecule has 0 saturated carbocycles. The van der Waals surface area contributed by atoms with Gasteiger partial charge in [-0.15, -0.1) is 0 Å². The molecule has 7 heteroatoms. The molecule has 0 aromatic carbocycles. The van der Waals surface area contributed by atoms with Crippen LogP contribution in [0.2, 0.25) is 0 Å². The predicted octanol–water partition coefficient (Wildman–Crippen LogP) is 3.02. The van der Waals surface area contributed by atoms with Crippen LogP contribution in [0.1, 0.15) is 32.3 Å². The standard InChI is InChI=1S/C12H18BrN3O3/c1-4-5-12(3,17)7-15-11-10(13)8(2)9(6-14-11)16(18)19/h6,17H,4-5,7H2,1-3H3,(H,14,15). The van der Waals surface area contributed by atoms with E-state index in [0.29, 0.717) is 28.8 Å². The van der Waals surface area contributed by atoms with Crippen LogP contribution in [0.15, 0.2) is 10.7 Å². The molecule has 0 spiro atoms. The highest BCUT2D eigenvalue weighted by molar-refractivity contribution is 9.10. The molecule has 0 aliphatic rings. The van der Waals surface area contributed by atoms with E-state index in [1.165, 1.54) is 6.20 Å². The Morgan fingerprint density at radius 2 is 2.26 bits per heavy atom. The molecule has 0 aliphatic heterocycles. The number of hydrogen-bond donors (Lipinski definition) is 2. The van der Waals surface area contributed by atoms with Crippen molar-refractivity contribution in [2.45, 2.75) is 39.2 Å². The Kier molecular flexibility index (Phi) is 5.25. The van der Waals surface area contributed by atoms with Crippen LogP contribution in [0, 0.1) is 17.0 Å². The van der Waals surface area contributed by atoms with Gasteiger partial charge in [-0.1, -0.05) is 13.3 Å². The summed E-state index contributed by atoms with van der Waals surface area (Å²) in [7, 11) is 0. The summed E-state index contributed by atoms with van der Waals surface area (Å²) in [5.74, 6) is 0.500. The van der Waals surface area contributed by atoms with E-state index in [1.807, 2.05) is 6.92 Å². The third kappa shape index (κ3) is 4.14. The maximum Gasteiger partial charge on any atom is 0.291 e. The van der Waals surface area contributed by atoms with Crippen LogP contribution in [0.5, 0.6) is 0 Å².